The van der Waals surface area contributed by atoms with Gasteiger partial charge in [0.05, 0.1) is 19.4 Å². The molecular weight excluding hydrogens is 300 g/mol. The van der Waals surface area contributed by atoms with Crippen LogP contribution in [0.2, 0.25) is 0 Å². The fourth-order valence-electron chi connectivity index (χ4n) is 2.04. The van der Waals surface area contributed by atoms with Crippen LogP contribution in [0.1, 0.15) is 16.8 Å². The van der Waals surface area contributed by atoms with Crippen molar-refractivity contribution in [1.29, 1.82) is 0 Å². The minimum atomic E-state index is -3.89. The molecule has 1 saturated heterocycles. The van der Waals surface area contributed by atoms with E-state index in [1.807, 2.05) is 0 Å². The minimum Gasteiger partial charge on any atom is -0.478 e. The number of aromatic amines is 1. The average molecular weight is 318 g/mol. The SMILES string of the molecule is O=C(O)c1cn[nH]c1S(=O)(=O)NCCCN1CCOCC1. The Kier molecular flexibility index (Phi) is 5.28. The lowest BCUT2D eigenvalue weighted by Crippen LogP contribution is -2.38. The number of nitrogens with one attached hydrogen (secondary N) is 2. The second-order valence-electron chi connectivity index (χ2n) is 4.62. The van der Waals surface area contributed by atoms with Gasteiger partial charge >= 0.3 is 5.97 Å². The van der Waals surface area contributed by atoms with Crippen LogP contribution in [0.5, 0.6) is 0 Å². The standard InChI is InChI=1S/C11H18N4O5S/c16-11(17)9-8-12-14-10(9)21(18,19)13-2-1-3-15-4-6-20-7-5-15/h8,13H,1-7H2,(H,12,14)(H,16,17). The number of morpholine rings is 1. The second-order valence-corrected chi connectivity index (χ2v) is 6.33. The van der Waals surface area contributed by atoms with E-state index in [1.165, 1.54) is 0 Å². The summed E-state index contributed by atoms with van der Waals surface area (Å²) in [6.07, 6.45) is 1.61. The van der Waals surface area contributed by atoms with Crippen LogP contribution < -0.4 is 4.72 Å². The number of hydrogen-bond acceptors (Lipinski definition) is 6. The summed E-state index contributed by atoms with van der Waals surface area (Å²) >= 11 is 0. The first-order valence-corrected chi connectivity index (χ1v) is 8.05. The number of carboxylic acid groups (broad SMARTS) is 1. The molecule has 1 aliphatic rings. The summed E-state index contributed by atoms with van der Waals surface area (Å²) in [6.45, 7) is 4.08. The van der Waals surface area contributed by atoms with Crippen LogP contribution in [0, 0.1) is 0 Å². The lowest BCUT2D eigenvalue weighted by molar-refractivity contribution is 0.0376. The number of hydrogen-bond donors (Lipinski definition) is 3. The fourth-order valence-corrected chi connectivity index (χ4v) is 3.20. The molecular formula is C11H18N4O5S. The van der Waals surface area contributed by atoms with E-state index in [0.717, 1.165) is 25.8 Å². The predicted octanol–water partition coefficient (Wildman–Crippen LogP) is -0.891. The zero-order valence-electron chi connectivity index (χ0n) is 11.4. The zero-order valence-corrected chi connectivity index (χ0v) is 12.2. The van der Waals surface area contributed by atoms with Gasteiger partial charge in [0, 0.05) is 19.6 Å². The molecule has 2 heterocycles. The van der Waals surface area contributed by atoms with Crippen molar-refractivity contribution >= 4 is 16.0 Å². The quantitative estimate of drug-likeness (QED) is 0.557. The minimum absolute atomic E-state index is 0.234. The van der Waals surface area contributed by atoms with Crippen LogP contribution in [-0.2, 0) is 14.8 Å². The number of nitrogens with zero attached hydrogens (tertiary/aromatic N) is 2. The molecule has 1 aromatic rings. The molecule has 118 valence electrons. The van der Waals surface area contributed by atoms with Gasteiger partial charge in [0.15, 0.2) is 5.03 Å². The first-order chi connectivity index (χ1) is 10.0. The number of ether oxygens (including phenoxy) is 1. The van der Waals surface area contributed by atoms with Crippen molar-refractivity contribution in [3.8, 4) is 0 Å². The first kappa shape index (κ1) is 15.9. The van der Waals surface area contributed by atoms with Crippen molar-refractivity contribution in [2.24, 2.45) is 0 Å². The summed E-state index contributed by atoms with van der Waals surface area (Å²) in [7, 11) is -3.89. The van der Waals surface area contributed by atoms with Crippen molar-refractivity contribution in [3.05, 3.63) is 11.8 Å². The molecule has 1 aromatic heterocycles. The van der Waals surface area contributed by atoms with E-state index in [2.05, 4.69) is 19.8 Å². The molecule has 0 spiro atoms. The number of H-pyrrole nitrogens is 1. The van der Waals surface area contributed by atoms with Crippen LogP contribution in [-0.4, -0.2) is 74.0 Å². The van der Waals surface area contributed by atoms with Crippen LogP contribution in [0.25, 0.3) is 0 Å². The smallest absolute Gasteiger partial charge is 0.340 e. The van der Waals surface area contributed by atoms with Crippen molar-refractivity contribution in [1.82, 2.24) is 19.8 Å². The van der Waals surface area contributed by atoms with E-state index in [0.29, 0.717) is 19.6 Å². The molecule has 0 saturated carbocycles. The van der Waals surface area contributed by atoms with Crippen LogP contribution >= 0.6 is 0 Å². The highest BCUT2D eigenvalue weighted by Gasteiger charge is 2.24. The molecule has 0 atom stereocenters. The zero-order chi connectivity index (χ0) is 15.3. The second kappa shape index (κ2) is 6.98. The lowest BCUT2D eigenvalue weighted by atomic mass is 10.3. The number of rotatable bonds is 7. The van der Waals surface area contributed by atoms with E-state index in [1.54, 1.807) is 0 Å². The molecule has 0 bridgehead atoms. The van der Waals surface area contributed by atoms with Crippen molar-refractivity contribution < 1.29 is 23.1 Å². The summed E-state index contributed by atoms with van der Waals surface area (Å²) in [5, 5.41) is 14.1. The van der Waals surface area contributed by atoms with Gasteiger partial charge < -0.3 is 9.84 Å². The maximum Gasteiger partial charge on any atom is 0.340 e. The highest BCUT2D eigenvalue weighted by atomic mass is 32.2. The topological polar surface area (TPSA) is 125 Å². The highest BCUT2D eigenvalue weighted by molar-refractivity contribution is 7.89. The summed E-state index contributed by atoms with van der Waals surface area (Å²) < 4.78 is 31.6. The molecule has 0 aliphatic carbocycles. The predicted molar refractivity (Wildman–Crippen MR) is 72.6 cm³/mol. The van der Waals surface area contributed by atoms with E-state index >= 15 is 0 Å². The van der Waals surface area contributed by atoms with Gasteiger partial charge in [-0.25, -0.2) is 17.9 Å². The van der Waals surface area contributed by atoms with Gasteiger partial charge in [-0.3, -0.25) is 10.00 Å². The molecule has 10 heteroatoms. The third-order valence-electron chi connectivity index (χ3n) is 3.15. The molecule has 0 aromatic carbocycles. The number of aromatic carboxylic acids is 1. The Labute approximate surface area is 122 Å². The highest BCUT2D eigenvalue weighted by Crippen LogP contribution is 2.11. The van der Waals surface area contributed by atoms with E-state index < -0.39 is 21.0 Å². The van der Waals surface area contributed by atoms with Gasteiger partial charge in [0.25, 0.3) is 10.0 Å². The monoisotopic (exact) mass is 318 g/mol. The van der Waals surface area contributed by atoms with Crippen LogP contribution in [0.3, 0.4) is 0 Å². The normalized spacial score (nSPS) is 17.0. The Morgan fingerprint density at radius 2 is 2.19 bits per heavy atom. The van der Waals surface area contributed by atoms with E-state index in [9.17, 15) is 13.2 Å². The molecule has 0 radical (unpaired) electrons. The Balaban J connectivity index is 1.83. The molecule has 2 rings (SSSR count). The Bertz CT molecular complexity index is 579. The maximum atomic E-state index is 12.0. The summed E-state index contributed by atoms with van der Waals surface area (Å²) in [5.74, 6) is -1.34. The molecule has 9 nitrogen and oxygen atoms in total. The van der Waals surface area contributed by atoms with Crippen molar-refractivity contribution in [3.63, 3.8) is 0 Å². The molecule has 0 amide bonds. The first-order valence-electron chi connectivity index (χ1n) is 6.57. The van der Waals surface area contributed by atoms with Gasteiger partial charge in [0.2, 0.25) is 0 Å². The molecule has 0 unspecified atom stereocenters. The summed E-state index contributed by atoms with van der Waals surface area (Å²) in [4.78, 5) is 13.1. The number of sulfonamides is 1. The van der Waals surface area contributed by atoms with Crippen LogP contribution in [0.15, 0.2) is 11.2 Å². The lowest BCUT2D eigenvalue weighted by Gasteiger charge is -2.26. The van der Waals surface area contributed by atoms with Gasteiger partial charge in [0.1, 0.15) is 5.56 Å². The number of aromatic nitrogens is 2. The van der Waals surface area contributed by atoms with Crippen LogP contribution in [0.4, 0.5) is 0 Å². The number of carboxylic acids is 1. The number of carbonyl (C=O) groups is 1. The van der Waals surface area contributed by atoms with Gasteiger partial charge in [-0.05, 0) is 13.0 Å². The van der Waals surface area contributed by atoms with Gasteiger partial charge in [-0.1, -0.05) is 0 Å². The third kappa shape index (κ3) is 4.24. The van der Waals surface area contributed by atoms with Gasteiger partial charge in [-0.15, -0.1) is 0 Å². The molecule has 3 N–H and O–H groups in total. The fraction of sp³-hybridized carbons (Fsp3) is 0.636. The molecule has 21 heavy (non-hydrogen) atoms. The molecule has 1 fully saturated rings. The van der Waals surface area contributed by atoms with Gasteiger partial charge in [-0.2, -0.15) is 5.10 Å². The maximum absolute atomic E-state index is 12.0. The molecule has 1 aliphatic heterocycles. The Hall–Kier alpha value is -1.49. The largest absolute Gasteiger partial charge is 0.478 e. The Morgan fingerprint density at radius 1 is 1.48 bits per heavy atom. The van der Waals surface area contributed by atoms with E-state index in [4.69, 9.17) is 9.84 Å². The van der Waals surface area contributed by atoms with Crippen molar-refractivity contribution in [2.45, 2.75) is 11.4 Å². The summed E-state index contributed by atoms with van der Waals surface area (Å²) in [6, 6.07) is 0. The summed E-state index contributed by atoms with van der Waals surface area (Å²) in [5.41, 5.74) is -0.365. The third-order valence-corrected chi connectivity index (χ3v) is 4.58. The Morgan fingerprint density at radius 3 is 2.86 bits per heavy atom. The average Bonchev–Trinajstić information content (AvgIpc) is 2.95. The van der Waals surface area contributed by atoms with E-state index in [-0.39, 0.29) is 12.1 Å². The van der Waals surface area contributed by atoms with Crippen molar-refractivity contribution in [2.75, 3.05) is 39.4 Å².